The summed E-state index contributed by atoms with van der Waals surface area (Å²) in [6, 6.07) is 0.0717. The van der Waals surface area contributed by atoms with Crippen LogP contribution in [-0.4, -0.2) is 29.9 Å². The van der Waals surface area contributed by atoms with E-state index in [-0.39, 0.29) is 23.4 Å². The van der Waals surface area contributed by atoms with E-state index in [0.717, 1.165) is 32.1 Å². The number of rotatable bonds is 3. The van der Waals surface area contributed by atoms with Crippen LogP contribution in [0.3, 0.4) is 0 Å². The van der Waals surface area contributed by atoms with Gasteiger partial charge in [-0.25, -0.2) is 0 Å². The van der Waals surface area contributed by atoms with E-state index in [2.05, 4.69) is 10.6 Å². The number of hydrogen-bond donors (Lipinski definition) is 3. The molecule has 0 aromatic heterocycles. The van der Waals surface area contributed by atoms with Crippen molar-refractivity contribution in [2.75, 3.05) is 6.54 Å². The summed E-state index contributed by atoms with van der Waals surface area (Å²) in [5, 5.41) is 5.74. The average Bonchev–Trinajstić information content (AvgIpc) is 2.32. The molecule has 4 N–H and O–H groups in total. The van der Waals surface area contributed by atoms with Crippen molar-refractivity contribution < 1.29 is 9.59 Å². The van der Waals surface area contributed by atoms with Crippen LogP contribution in [0.15, 0.2) is 0 Å². The van der Waals surface area contributed by atoms with Crippen LogP contribution < -0.4 is 16.4 Å². The van der Waals surface area contributed by atoms with Gasteiger partial charge in [-0.3, -0.25) is 9.59 Å². The number of carbonyl (C=O) groups is 2. The highest BCUT2D eigenvalue weighted by molar-refractivity contribution is 5.79. The summed E-state index contributed by atoms with van der Waals surface area (Å²) in [6.07, 6.45) is 7.02. The molecule has 1 unspecified atom stereocenters. The molecule has 1 saturated heterocycles. The molecule has 0 aromatic carbocycles. The van der Waals surface area contributed by atoms with Gasteiger partial charge in [-0.2, -0.15) is 0 Å². The Bertz CT molecular complexity index is 314. The zero-order valence-corrected chi connectivity index (χ0v) is 10.8. The van der Waals surface area contributed by atoms with Crippen molar-refractivity contribution in [1.29, 1.82) is 0 Å². The minimum absolute atomic E-state index is 0.0283. The van der Waals surface area contributed by atoms with Gasteiger partial charge in [0.15, 0.2) is 0 Å². The minimum Gasteiger partial charge on any atom is -0.354 e. The first-order chi connectivity index (χ1) is 8.57. The molecule has 2 amide bonds. The molecule has 0 aromatic rings. The molecule has 1 atom stereocenters. The van der Waals surface area contributed by atoms with E-state index in [9.17, 15) is 9.59 Å². The second kappa shape index (κ2) is 5.69. The molecule has 1 aliphatic carbocycles. The van der Waals surface area contributed by atoms with E-state index in [1.165, 1.54) is 6.42 Å². The first-order valence-corrected chi connectivity index (χ1v) is 6.92. The fourth-order valence-electron chi connectivity index (χ4n) is 2.89. The Morgan fingerprint density at radius 3 is 2.72 bits per heavy atom. The number of amides is 2. The van der Waals surface area contributed by atoms with Crippen molar-refractivity contribution in [3.05, 3.63) is 0 Å². The zero-order chi connectivity index (χ0) is 13.0. The lowest BCUT2D eigenvalue weighted by Gasteiger charge is -2.33. The fourth-order valence-corrected chi connectivity index (χ4v) is 2.89. The molecular weight excluding hydrogens is 230 g/mol. The highest BCUT2D eigenvalue weighted by Gasteiger charge is 2.31. The minimum atomic E-state index is -0.305. The predicted molar refractivity (Wildman–Crippen MR) is 68.8 cm³/mol. The van der Waals surface area contributed by atoms with Crippen LogP contribution in [0.25, 0.3) is 0 Å². The summed E-state index contributed by atoms with van der Waals surface area (Å²) in [6.45, 7) is 0.544. The Morgan fingerprint density at radius 2 is 2.11 bits per heavy atom. The third kappa shape index (κ3) is 3.70. The van der Waals surface area contributed by atoms with Gasteiger partial charge in [-0.1, -0.05) is 19.3 Å². The van der Waals surface area contributed by atoms with E-state index in [4.69, 9.17) is 5.73 Å². The van der Waals surface area contributed by atoms with E-state index in [0.29, 0.717) is 19.4 Å². The molecule has 0 radical (unpaired) electrons. The second-order valence-corrected chi connectivity index (χ2v) is 5.71. The van der Waals surface area contributed by atoms with Crippen LogP contribution in [0.5, 0.6) is 0 Å². The maximum absolute atomic E-state index is 12.0. The molecule has 1 heterocycles. The standard InChI is InChI=1S/C13H23N3O2/c14-13(6-2-1-3-7-13)8-12(18)16-10-4-5-11(17)15-9-10/h10H,1-9,14H2,(H,15,17)(H,16,18). The number of piperidine rings is 1. The molecule has 0 spiro atoms. The number of hydrogen-bond acceptors (Lipinski definition) is 3. The summed E-state index contributed by atoms with van der Waals surface area (Å²) < 4.78 is 0. The van der Waals surface area contributed by atoms with Crippen LogP contribution in [0, 0.1) is 0 Å². The van der Waals surface area contributed by atoms with Gasteiger partial charge < -0.3 is 16.4 Å². The van der Waals surface area contributed by atoms with Gasteiger partial charge in [0, 0.05) is 31.0 Å². The molecule has 5 nitrogen and oxygen atoms in total. The van der Waals surface area contributed by atoms with Crippen LogP contribution in [-0.2, 0) is 9.59 Å². The van der Waals surface area contributed by atoms with Crippen molar-refractivity contribution in [3.8, 4) is 0 Å². The van der Waals surface area contributed by atoms with E-state index >= 15 is 0 Å². The largest absolute Gasteiger partial charge is 0.354 e. The van der Waals surface area contributed by atoms with Crippen molar-refractivity contribution in [3.63, 3.8) is 0 Å². The summed E-state index contributed by atoms with van der Waals surface area (Å²) in [5.41, 5.74) is 5.95. The van der Waals surface area contributed by atoms with Crippen LogP contribution in [0.2, 0.25) is 0 Å². The normalized spacial score (nSPS) is 27.4. The van der Waals surface area contributed by atoms with Crippen molar-refractivity contribution in [2.45, 2.75) is 62.9 Å². The smallest absolute Gasteiger partial charge is 0.222 e. The second-order valence-electron chi connectivity index (χ2n) is 5.71. The molecule has 2 rings (SSSR count). The Kier molecular flexibility index (Phi) is 4.22. The topological polar surface area (TPSA) is 84.2 Å². The van der Waals surface area contributed by atoms with Crippen molar-refractivity contribution in [2.24, 2.45) is 5.73 Å². The Balaban J connectivity index is 1.76. The van der Waals surface area contributed by atoms with Gasteiger partial charge in [0.05, 0.1) is 0 Å². The van der Waals surface area contributed by atoms with E-state index in [1.54, 1.807) is 0 Å². The predicted octanol–water partition coefficient (Wildman–Crippen LogP) is 0.433. The highest BCUT2D eigenvalue weighted by Crippen LogP contribution is 2.28. The lowest BCUT2D eigenvalue weighted by Crippen LogP contribution is -2.51. The summed E-state index contributed by atoms with van der Waals surface area (Å²) >= 11 is 0. The molecule has 1 aliphatic heterocycles. The van der Waals surface area contributed by atoms with Crippen LogP contribution in [0.1, 0.15) is 51.4 Å². The van der Waals surface area contributed by atoms with Crippen molar-refractivity contribution >= 4 is 11.8 Å². The summed E-state index contributed by atoms with van der Waals surface area (Å²) in [5.74, 6) is 0.101. The Labute approximate surface area is 108 Å². The first-order valence-electron chi connectivity index (χ1n) is 6.92. The Hall–Kier alpha value is -1.10. The number of carbonyl (C=O) groups excluding carboxylic acids is 2. The maximum atomic E-state index is 12.0. The third-order valence-electron chi connectivity index (χ3n) is 3.99. The van der Waals surface area contributed by atoms with Gasteiger partial charge in [0.2, 0.25) is 11.8 Å². The first kappa shape index (κ1) is 13.3. The van der Waals surface area contributed by atoms with Crippen LogP contribution >= 0.6 is 0 Å². The number of nitrogens with two attached hydrogens (primary N) is 1. The molecule has 0 bridgehead atoms. The average molecular weight is 253 g/mol. The van der Waals surface area contributed by atoms with E-state index in [1.807, 2.05) is 0 Å². The van der Waals surface area contributed by atoms with Gasteiger partial charge in [0.1, 0.15) is 0 Å². The molecule has 1 saturated carbocycles. The molecular formula is C13H23N3O2. The third-order valence-corrected chi connectivity index (χ3v) is 3.99. The van der Waals surface area contributed by atoms with E-state index < -0.39 is 0 Å². The maximum Gasteiger partial charge on any atom is 0.222 e. The van der Waals surface area contributed by atoms with Gasteiger partial charge in [-0.05, 0) is 19.3 Å². The highest BCUT2D eigenvalue weighted by atomic mass is 16.2. The molecule has 5 heteroatoms. The molecule has 102 valence electrons. The lowest BCUT2D eigenvalue weighted by atomic mass is 9.80. The number of nitrogens with one attached hydrogen (secondary N) is 2. The van der Waals surface area contributed by atoms with Gasteiger partial charge in [-0.15, -0.1) is 0 Å². The summed E-state index contributed by atoms with van der Waals surface area (Å²) in [4.78, 5) is 23.0. The summed E-state index contributed by atoms with van der Waals surface area (Å²) in [7, 11) is 0. The fraction of sp³-hybridized carbons (Fsp3) is 0.846. The van der Waals surface area contributed by atoms with Crippen molar-refractivity contribution in [1.82, 2.24) is 10.6 Å². The SMILES string of the molecule is NC1(CC(=O)NC2CCC(=O)NC2)CCCCC1. The zero-order valence-electron chi connectivity index (χ0n) is 10.8. The monoisotopic (exact) mass is 253 g/mol. The lowest BCUT2D eigenvalue weighted by molar-refractivity contribution is -0.126. The Morgan fingerprint density at radius 1 is 1.39 bits per heavy atom. The quantitative estimate of drug-likeness (QED) is 0.682. The molecule has 2 aliphatic rings. The van der Waals surface area contributed by atoms with Crippen LogP contribution in [0.4, 0.5) is 0 Å². The van der Waals surface area contributed by atoms with Gasteiger partial charge in [0.25, 0.3) is 0 Å². The van der Waals surface area contributed by atoms with Gasteiger partial charge >= 0.3 is 0 Å². The molecule has 18 heavy (non-hydrogen) atoms. The molecule has 2 fully saturated rings.